The summed E-state index contributed by atoms with van der Waals surface area (Å²) in [7, 11) is 0. The van der Waals surface area contributed by atoms with Crippen LogP contribution in [0.1, 0.15) is 11.1 Å². The first-order chi connectivity index (χ1) is 23.8. The number of para-hydroxylation sites is 1. The van der Waals surface area contributed by atoms with Gasteiger partial charge >= 0.3 is 5.66 Å². The van der Waals surface area contributed by atoms with Crippen LogP contribution in [0.2, 0.25) is 0 Å². The molecule has 0 bridgehead atoms. The van der Waals surface area contributed by atoms with Crippen molar-refractivity contribution in [2.45, 2.75) is 5.66 Å². The highest BCUT2D eigenvalue weighted by Crippen LogP contribution is 2.55. The zero-order valence-electron chi connectivity index (χ0n) is 25.6. The molecule has 1 aliphatic carbocycles. The first-order valence-corrected chi connectivity index (χ1v) is 16.5. The minimum atomic E-state index is -0.684. The Morgan fingerprint density at radius 2 is 1.44 bits per heavy atom. The summed E-state index contributed by atoms with van der Waals surface area (Å²) in [5.74, 6) is 2.92. The van der Waals surface area contributed by atoms with Crippen molar-refractivity contribution in [3.8, 4) is 56.4 Å². The molecule has 6 aromatic carbocycles. The first-order valence-electron chi connectivity index (χ1n) is 16.5. The molecule has 0 fully saturated rings. The molecule has 1 unspecified atom stereocenters. The van der Waals surface area contributed by atoms with E-state index in [2.05, 4.69) is 164 Å². The third kappa shape index (κ3) is 2.43. The Labute approximate surface area is 274 Å². The average molecular weight is 613 g/mol. The summed E-state index contributed by atoms with van der Waals surface area (Å²) in [5.41, 5.74) is 12.8. The van der Waals surface area contributed by atoms with Gasteiger partial charge in [-0.2, -0.15) is 9.13 Å². The van der Waals surface area contributed by atoms with E-state index in [-0.39, 0.29) is 0 Å². The Morgan fingerprint density at radius 1 is 0.604 bits per heavy atom. The summed E-state index contributed by atoms with van der Waals surface area (Å²) < 4.78 is 16.5. The van der Waals surface area contributed by atoms with Crippen molar-refractivity contribution in [2.75, 3.05) is 0 Å². The maximum atomic E-state index is 6.81. The van der Waals surface area contributed by atoms with E-state index < -0.39 is 5.66 Å². The van der Waals surface area contributed by atoms with Gasteiger partial charge in [0, 0.05) is 16.8 Å². The highest BCUT2D eigenvalue weighted by Gasteiger charge is 2.68. The average Bonchev–Trinajstić information content (AvgIpc) is 3.88. The lowest BCUT2D eigenvalue weighted by atomic mass is 9.84. The maximum absolute atomic E-state index is 6.81. The van der Waals surface area contributed by atoms with Gasteiger partial charge < -0.3 is 4.74 Å². The molecule has 0 N–H and O–H groups in total. The lowest BCUT2D eigenvalue weighted by Gasteiger charge is -2.32. The van der Waals surface area contributed by atoms with Crippen LogP contribution in [0.25, 0.3) is 77.5 Å². The van der Waals surface area contributed by atoms with E-state index in [1.807, 2.05) is 0 Å². The summed E-state index contributed by atoms with van der Waals surface area (Å²) in [6, 6.07) is 46.5. The number of aromatic nitrogens is 4. The van der Waals surface area contributed by atoms with E-state index in [1.165, 1.54) is 77.1 Å². The van der Waals surface area contributed by atoms with Crippen molar-refractivity contribution in [1.82, 2.24) is 9.25 Å². The molecule has 4 aliphatic rings. The van der Waals surface area contributed by atoms with Crippen molar-refractivity contribution in [3.63, 3.8) is 0 Å². The Morgan fingerprint density at radius 3 is 2.38 bits per heavy atom. The maximum Gasteiger partial charge on any atom is 0.397 e. The lowest BCUT2D eigenvalue weighted by molar-refractivity contribution is -0.993. The normalized spacial score (nSPS) is 16.6. The third-order valence-corrected chi connectivity index (χ3v) is 11.3. The third-order valence-electron chi connectivity index (χ3n) is 11.3. The van der Waals surface area contributed by atoms with Crippen LogP contribution in [0, 0.1) is 0 Å². The lowest BCUT2D eigenvalue weighted by Crippen LogP contribution is -2.76. The molecule has 0 saturated carbocycles. The van der Waals surface area contributed by atoms with E-state index in [1.54, 1.807) is 0 Å². The zero-order chi connectivity index (χ0) is 30.9. The van der Waals surface area contributed by atoms with Crippen LogP contribution in [0.3, 0.4) is 0 Å². The standard InChI is InChI=1S/C43H24N4O/c1-2-13-34-29(10-1)32-19-20-37-41-42(32)47(34)38-16-3-4-21-44(38)43(41)40-35(14-7-15-36(40)48-37)45-23-27(24-46(43)45)26-17-18-28-30-11-5-8-25-9-6-12-31(39(25)30)33(28)22-26/h1-24H/q+2. The van der Waals surface area contributed by atoms with E-state index >= 15 is 0 Å². The van der Waals surface area contributed by atoms with E-state index in [0.29, 0.717) is 0 Å². The second-order valence-electron chi connectivity index (χ2n) is 13.4. The van der Waals surface area contributed by atoms with Crippen LogP contribution < -0.4 is 14.0 Å². The van der Waals surface area contributed by atoms with Gasteiger partial charge in [-0.25, -0.2) is 0 Å². The van der Waals surface area contributed by atoms with Gasteiger partial charge in [0.05, 0.1) is 18.0 Å². The Balaban J connectivity index is 1.14. The molecule has 220 valence electrons. The SMILES string of the molecule is c1cc2c3c(c1)-n1cc(-c4ccc5c(c4)-c4cccc6cccc-5c46)c[n+]1C31c3c(ccc4c5ccccc5n(c34)-c3cccc[n+]31)O2. The van der Waals surface area contributed by atoms with Crippen molar-refractivity contribution < 1.29 is 14.0 Å². The highest BCUT2D eigenvalue weighted by molar-refractivity contribution is 6.15. The molecule has 3 aromatic heterocycles. The number of rotatable bonds is 1. The van der Waals surface area contributed by atoms with Gasteiger partial charge in [-0.15, -0.1) is 4.68 Å². The molecule has 0 amide bonds. The van der Waals surface area contributed by atoms with Crippen LogP contribution in [0.4, 0.5) is 0 Å². The monoisotopic (exact) mass is 612 g/mol. The van der Waals surface area contributed by atoms with Gasteiger partial charge in [-0.3, -0.25) is 0 Å². The van der Waals surface area contributed by atoms with Gasteiger partial charge in [0.1, 0.15) is 28.3 Å². The van der Waals surface area contributed by atoms with Crippen LogP contribution in [0.5, 0.6) is 11.5 Å². The Kier molecular flexibility index (Phi) is 3.84. The van der Waals surface area contributed by atoms with Crippen molar-refractivity contribution in [1.29, 1.82) is 0 Å². The summed E-state index contributed by atoms with van der Waals surface area (Å²) in [4.78, 5) is 0. The minimum absolute atomic E-state index is 0.684. The minimum Gasteiger partial charge on any atom is -0.456 e. The Bertz CT molecular complexity index is 2990. The van der Waals surface area contributed by atoms with Gasteiger partial charge in [0.25, 0.3) is 5.82 Å². The summed E-state index contributed by atoms with van der Waals surface area (Å²) in [6.45, 7) is 0. The highest BCUT2D eigenvalue weighted by atomic mass is 16.5. The molecule has 6 heterocycles. The predicted molar refractivity (Wildman–Crippen MR) is 186 cm³/mol. The molecular weight excluding hydrogens is 589 g/mol. The predicted octanol–water partition coefficient (Wildman–Crippen LogP) is 8.65. The van der Waals surface area contributed by atoms with Crippen LogP contribution in [-0.4, -0.2) is 9.25 Å². The van der Waals surface area contributed by atoms with E-state index in [9.17, 15) is 0 Å². The molecule has 1 atom stereocenters. The topological polar surface area (TPSA) is 26.8 Å². The van der Waals surface area contributed by atoms with Crippen LogP contribution >= 0.6 is 0 Å². The largest absolute Gasteiger partial charge is 0.456 e. The van der Waals surface area contributed by atoms with Gasteiger partial charge in [0.2, 0.25) is 6.20 Å². The number of pyridine rings is 1. The fraction of sp³-hybridized carbons (Fsp3) is 0.0233. The number of hydrogen-bond acceptors (Lipinski definition) is 1. The molecule has 48 heavy (non-hydrogen) atoms. The Hall–Kier alpha value is -6.46. The molecule has 0 saturated heterocycles. The molecule has 5 nitrogen and oxygen atoms in total. The molecule has 9 aromatic rings. The smallest absolute Gasteiger partial charge is 0.397 e. The fourth-order valence-electron chi connectivity index (χ4n) is 9.54. The number of hydrogen-bond donors (Lipinski definition) is 0. The van der Waals surface area contributed by atoms with Gasteiger partial charge in [-0.1, -0.05) is 77.5 Å². The van der Waals surface area contributed by atoms with Gasteiger partial charge in [0.15, 0.2) is 11.1 Å². The summed E-state index contributed by atoms with van der Waals surface area (Å²) in [5, 5.41) is 5.13. The molecule has 3 aliphatic heterocycles. The second-order valence-corrected chi connectivity index (χ2v) is 13.4. The number of nitrogens with zero attached hydrogens (tertiary/aromatic N) is 4. The molecule has 13 rings (SSSR count). The summed E-state index contributed by atoms with van der Waals surface area (Å²) in [6.07, 6.45) is 6.90. The molecule has 5 heteroatoms. The van der Waals surface area contributed by atoms with Gasteiger partial charge in [-0.05, 0) is 87.1 Å². The zero-order valence-corrected chi connectivity index (χ0v) is 25.6. The first kappa shape index (κ1) is 23.8. The number of benzene rings is 6. The quantitative estimate of drug-likeness (QED) is 0.171. The van der Waals surface area contributed by atoms with Crippen molar-refractivity contribution in [3.05, 3.63) is 157 Å². The summed E-state index contributed by atoms with van der Waals surface area (Å²) >= 11 is 0. The molecule has 0 radical (unpaired) electrons. The fourth-order valence-corrected chi connectivity index (χ4v) is 9.54. The molecular formula is C43H24N4O+2. The molecule has 1 spiro atoms. The van der Waals surface area contributed by atoms with Crippen LogP contribution in [-0.2, 0) is 5.66 Å². The second kappa shape index (κ2) is 7.73. The van der Waals surface area contributed by atoms with Crippen molar-refractivity contribution in [2.24, 2.45) is 0 Å². The van der Waals surface area contributed by atoms with E-state index in [4.69, 9.17) is 4.74 Å². The van der Waals surface area contributed by atoms with Crippen LogP contribution in [0.15, 0.2) is 146 Å². The number of fused-ring (bicyclic) bond motifs is 10. The van der Waals surface area contributed by atoms with E-state index in [0.717, 1.165) is 23.0 Å². The van der Waals surface area contributed by atoms with Crippen molar-refractivity contribution >= 4 is 32.6 Å². The number of ether oxygens (including phenoxy) is 1.